The zero-order valence-electron chi connectivity index (χ0n) is 11.2. The van der Waals surface area contributed by atoms with Gasteiger partial charge in [-0.2, -0.15) is 0 Å². The molecule has 0 aromatic heterocycles. The van der Waals surface area contributed by atoms with Crippen molar-refractivity contribution in [2.24, 2.45) is 0 Å². The summed E-state index contributed by atoms with van der Waals surface area (Å²) in [6.45, 7) is 0. The second-order valence-corrected chi connectivity index (χ2v) is 6.96. The molecule has 2 aromatic carbocycles. The van der Waals surface area contributed by atoms with E-state index in [4.69, 9.17) is 4.52 Å². The van der Waals surface area contributed by atoms with Gasteiger partial charge in [-0.1, -0.05) is 36.4 Å². The highest BCUT2D eigenvalue weighted by molar-refractivity contribution is 7.67. The van der Waals surface area contributed by atoms with E-state index in [2.05, 4.69) is 0 Å². The van der Waals surface area contributed by atoms with E-state index in [-0.39, 0.29) is 0 Å². The van der Waals surface area contributed by atoms with Gasteiger partial charge < -0.3 is 4.52 Å². The van der Waals surface area contributed by atoms with Gasteiger partial charge in [0.25, 0.3) is 7.37 Å². The Balaban J connectivity index is 2.33. The number of benzene rings is 2. The summed E-state index contributed by atoms with van der Waals surface area (Å²) in [6, 6.07) is 18.7. The lowest BCUT2D eigenvalue weighted by molar-refractivity contribution is 0.425. The second kappa shape index (κ2) is 6.05. The number of para-hydroxylation sites is 1. The fourth-order valence-electron chi connectivity index (χ4n) is 1.84. The Morgan fingerprint density at radius 3 is 2.00 bits per heavy atom. The summed E-state index contributed by atoms with van der Waals surface area (Å²) in [5.41, 5.74) is 0. The van der Waals surface area contributed by atoms with Gasteiger partial charge >= 0.3 is 0 Å². The van der Waals surface area contributed by atoms with Gasteiger partial charge in [0.05, 0.1) is 6.29 Å². The summed E-state index contributed by atoms with van der Waals surface area (Å²) in [5, 5.41) is 0.743. The van der Waals surface area contributed by atoms with E-state index < -0.39 is 7.37 Å². The number of nitrogens with zero attached hydrogens (tertiary/aromatic N) is 1. The molecule has 0 spiro atoms. The van der Waals surface area contributed by atoms with Crippen LogP contribution in [0.1, 0.15) is 0 Å². The quantitative estimate of drug-likeness (QED) is 0.785. The largest absolute Gasteiger partial charge is 0.439 e. The van der Waals surface area contributed by atoms with E-state index in [1.807, 2.05) is 79.7 Å². The predicted octanol–water partition coefficient (Wildman–Crippen LogP) is 3.19. The van der Waals surface area contributed by atoms with Crippen molar-refractivity contribution in [2.75, 3.05) is 20.4 Å². The van der Waals surface area contributed by atoms with Crippen LogP contribution in [0.15, 0.2) is 60.7 Å². The van der Waals surface area contributed by atoms with E-state index in [0.717, 1.165) is 5.30 Å². The lowest BCUT2D eigenvalue weighted by Crippen LogP contribution is -2.22. The molecule has 4 heteroatoms. The first-order chi connectivity index (χ1) is 9.10. The lowest BCUT2D eigenvalue weighted by Gasteiger charge is -2.23. The van der Waals surface area contributed by atoms with Crippen LogP contribution in [-0.2, 0) is 4.57 Å². The van der Waals surface area contributed by atoms with Gasteiger partial charge in [0.2, 0.25) is 0 Å². The van der Waals surface area contributed by atoms with Crippen molar-refractivity contribution in [1.82, 2.24) is 4.90 Å². The van der Waals surface area contributed by atoms with Crippen molar-refractivity contribution < 1.29 is 9.09 Å². The average Bonchev–Trinajstić information content (AvgIpc) is 2.40. The van der Waals surface area contributed by atoms with Gasteiger partial charge in [-0.25, -0.2) is 0 Å². The smallest absolute Gasteiger partial charge is 0.290 e. The molecule has 0 bridgehead atoms. The van der Waals surface area contributed by atoms with Gasteiger partial charge in [-0.15, -0.1) is 0 Å². The molecule has 1 unspecified atom stereocenters. The Morgan fingerprint density at radius 1 is 0.947 bits per heavy atom. The summed E-state index contributed by atoms with van der Waals surface area (Å²) in [6.07, 6.45) is 0.381. The fraction of sp³-hybridized carbons (Fsp3) is 0.200. The predicted molar refractivity (Wildman–Crippen MR) is 79.3 cm³/mol. The van der Waals surface area contributed by atoms with Crippen molar-refractivity contribution in [1.29, 1.82) is 0 Å². The normalized spacial score (nSPS) is 14.1. The van der Waals surface area contributed by atoms with Crippen LogP contribution in [0.5, 0.6) is 5.75 Å². The number of hydrogen-bond donors (Lipinski definition) is 0. The van der Waals surface area contributed by atoms with Gasteiger partial charge in [0.1, 0.15) is 5.75 Å². The van der Waals surface area contributed by atoms with Crippen molar-refractivity contribution in [3.8, 4) is 5.75 Å². The molecule has 0 aliphatic heterocycles. The van der Waals surface area contributed by atoms with Crippen LogP contribution in [-0.4, -0.2) is 25.3 Å². The zero-order chi connectivity index (χ0) is 13.7. The Kier molecular flexibility index (Phi) is 4.41. The molecule has 0 N–H and O–H groups in total. The average molecular weight is 275 g/mol. The topological polar surface area (TPSA) is 29.5 Å². The van der Waals surface area contributed by atoms with Crippen LogP contribution in [0.4, 0.5) is 0 Å². The molecular weight excluding hydrogens is 257 g/mol. The van der Waals surface area contributed by atoms with Crippen LogP contribution in [0, 0.1) is 0 Å². The third kappa shape index (κ3) is 3.69. The molecule has 0 aliphatic rings. The summed E-state index contributed by atoms with van der Waals surface area (Å²) in [5.74, 6) is 0.636. The zero-order valence-corrected chi connectivity index (χ0v) is 12.1. The Hall–Kier alpha value is -1.57. The monoisotopic (exact) mass is 275 g/mol. The molecule has 0 amide bonds. The first-order valence-corrected chi connectivity index (χ1v) is 7.95. The van der Waals surface area contributed by atoms with Crippen LogP contribution >= 0.6 is 7.37 Å². The highest BCUT2D eigenvalue weighted by Crippen LogP contribution is 2.46. The molecule has 1 atom stereocenters. The maximum atomic E-state index is 13.1. The third-order valence-corrected chi connectivity index (χ3v) is 5.14. The third-order valence-electron chi connectivity index (χ3n) is 2.61. The standard InChI is InChI=1S/C15H18NO2P/c1-16(2)13-19(17,15-11-7-4-8-12-15)18-14-9-5-3-6-10-14/h3-12H,13H2,1-2H3. The van der Waals surface area contributed by atoms with Crippen LogP contribution in [0.25, 0.3) is 0 Å². The Labute approximate surface area is 114 Å². The minimum absolute atomic E-state index is 0.381. The van der Waals surface area contributed by atoms with E-state index >= 15 is 0 Å². The highest BCUT2D eigenvalue weighted by atomic mass is 31.2. The van der Waals surface area contributed by atoms with Gasteiger partial charge in [-0.05, 0) is 38.4 Å². The van der Waals surface area contributed by atoms with Crippen molar-refractivity contribution in [2.45, 2.75) is 0 Å². The van der Waals surface area contributed by atoms with Crippen molar-refractivity contribution >= 4 is 12.7 Å². The SMILES string of the molecule is CN(C)CP(=O)(Oc1ccccc1)c1ccccc1. The molecule has 0 heterocycles. The molecule has 0 aliphatic carbocycles. The molecule has 0 fully saturated rings. The van der Waals surface area contributed by atoms with E-state index in [1.54, 1.807) is 0 Å². The molecule has 2 rings (SSSR count). The Bertz CT molecular complexity index is 555. The maximum Gasteiger partial charge on any atom is 0.290 e. The minimum Gasteiger partial charge on any atom is -0.439 e. The summed E-state index contributed by atoms with van der Waals surface area (Å²) in [4.78, 5) is 1.89. The summed E-state index contributed by atoms with van der Waals surface area (Å²) >= 11 is 0. The molecule has 2 aromatic rings. The van der Waals surface area contributed by atoms with E-state index in [9.17, 15) is 4.57 Å². The minimum atomic E-state index is -2.92. The summed E-state index contributed by atoms with van der Waals surface area (Å²) in [7, 11) is 0.862. The molecule has 19 heavy (non-hydrogen) atoms. The number of rotatable bonds is 5. The lowest BCUT2D eigenvalue weighted by atomic mass is 10.3. The Morgan fingerprint density at radius 2 is 1.47 bits per heavy atom. The second-order valence-electron chi connectivity index (χ2n) is 4.63. The van der Waals surface area contributed by atoms with E-state index in [0.29, 0.717) is 12.0 Å². The van der Waals surface area contributed by atoms with Crippen LogP contribution in [0.2, 0.25) is 0 Å². The van der Waals surface area contributed by atoms with Crippen LogP contribution in [0.3, 0.4) is 0 Å². The van der Waals surface area contributed by atoms with Gasteiger partial charge in [0.15, 0.2) is 0 Å². The van der Waals surface area contributed by atoms with Crippen LogP contribution < -0.4 is 9.83 Å². The molecular formula is C15H18NO2P. The number of hydrogen-bond acceptors (Lipinski definition) is 3. The van der Waals surface area contributed by atoms with Gasteiger partial charge in [-0.3, -0.25) is 9.46 Å². The highest BCUT2D eigenvalue weighted by Gasteiger charge is 2.28. The summed E-state index contributed by atoms with van der Waals surface area (Å²) < 4.78 is 18.9. The molecule has 0 radical (unpaired) electrons. The van der Waals surface area contributed by atoms with E-state index in [1.165, 1.54) is 0 Å². The fourth-order valence-corrected chi connectivity index (χ4v) is 4.00. The molecule has 3 nitrogen and oxygen atoms in total. The van der Waals surface area contributed by atoms with Gasteiger partial charge in [0, 0.05) is 5.30 Å². The maximum absolute atomic E-state index is 13.1. The molecule has 0 saturated heterocycles. The first kappa shape index (κ1) is 13.9. The first-order valence-electron chi connectivity index (χ1n) is 6.14. The van der Waals surface area contributed by atoms with Crippen molar-refractivity contribution in [3.63, 3.8) is 0 Å². The molecule has 0 saturated carbocycles. The molecule has 100 valence electrons. The van der Waals surface area contributed by atoms with Crippen molar-refractivity contribution in [3.05, 3.63) is 60.7 Å².